The Balaban J connectivity index is 2.23. The summed E-state index contributed by atoms with van der Waals surface area (Å²) in [5.41, 5.74) is 9.94. The predicted octanol–water partition coefficient (Wildman–Crippen LogP) is 2.71. The Morgan fingerprint density at radius 3 is 2.75 bits per heavy atom. The van der Waals surface area contributed by atoms with E-state index in [1.807, 2.05) is 43.4 Å². The number of ether oxygens (including phenoxy) is 1. The van der Waals surface area contributed by atoms with Gasteiger partial charge in [-0.15, -0.1) is 0 Å². The van der Waals surface area contributed by atoms with Gasteiger partial charge in [0, 0.05) is 19.2 Å². The summed E-state index contributed by atoms with van der Waals surface area (Å²) in [5.74, 6) is 1.74. The lowest BCUT2D eigenvalue weighted by atomic mass is 10.2. The third-order valence-corrected chi connectivity index (χ3v) is 3.54. The minimum Gasteiger partial charge on any atom is -0.497 e. The van der Waals surface area contributed by atoms with Crippen LogP contribution in [0.15, 0.2) is 42.5 Å². The normalized spacial score (nSPS) is 10.9. The summed E-state index contributed by atoms with van der Waals surface area (Å²) in [5, 5.41) is 0. The van der Waals surface area contributed by atoms with Crippen LogP contribution in [0.4, 0.5) is 0 Å². The van der Waals surface area contributed by atoms with Crippen LogP contribution in [-0.4, -0.2) is 16.7 Å². The van der Waals surface area contributed by atoms with Gasteiger partial charge in [-0.1, -0.05) is 24.3 Å². The van der Waals surface area contributed by atoms with Gasteiger partial charge in [0.1, 0.15) is 11.6 Å². The fraction of sp³-hybridized carbons (Fsp3) is 0.188. The zero-order valence-electron chi connectivity index (χ0n) is 11.6. The van der Waals surface area contributed by atoms with Crippen molar-refractivity contribution in [3.8, 4) is 17.1 Å². The monoisotopic (exact) mass is 267 g/mol. The van der Waals surface area contributed by atoms with Crippen molar-refractivity contribution < 1.29 is 4.74 Å². The molecule has 0 aliphatic heterocycles. The van der Waals surface area contributed by atoms with Crippen molar-refractivity contribution in [1.82, 2.24) is 9.55 Å². The van der Waals surface area contributed by atoms with Gasteiger partial charge in [0.2, 0.25) is 0 Å². The number of imidazole rings is 1. The molecule has 1 aromatic heterocycles. The number of nitrogens with zero attached hydrogens (tertiary/aromatic N) is 2. The number of para-hydroxylation sites is 1. The van der Waals surface area contributed by atoms with Crippen LogP contribution in [-0.2, 0) is 13.6 Å². The van der Waals surface area contributed by atoms with Crippen LogP contribution in [0.25, 0.3) is 22.4 Å². The molecule has 0 radical (unpaired) electrons. The average Bonchev–Trinajstić information content (AvgIpc) is 2.84. The van der Waals surface area contributed by atoms with Crippen molar-refractivity contribution in [2.24, 2.45) is 12.8 Å². The summed E-state index contributed by atoms with van der Waals surface area (Å²) in [6.07, 6.45) is 0. The van der Waals surface area contributed by atoms with E-state index in [-0.39, 0.29) is 0 Å². The standard InChI is InChI=1S/C16H17N3O/c1-19-14-8-4-6-12(10-17)15(14)18-16(19)11-5-3-7-13(9-11)20-2/h3-9H,10,17H2,1-2H3. The van der Waals surface area contributed by atoms with Gasteiger partial charge >= 0.3 is 0 Å². The van der Waals surface area contributed by atoms with Gasteiger partial charge in [0.15, 0.2) is 0 Å². The molecule has 0 aliphatic carbocycles. The lowest BCUT2D eigenvalue weighted by Gasteiger charge is -2.04. The van der Waals surface area contributed by atoms with Crippen LogP contribution in [0.2, 0.25) is 0 Å². The SMILES string of the molecule is COc1cccc(-c2nc3c(CN)cccc3n2C)c1. The van der Waals surface area contributed by atoms with Crippen LogP contribution >= 0.6 is 0 Å². The van der Waals surface area contributed by atoms with Crippen molar-refractivity contribution >= 4 is 11.0 Å². The van der Waals surface area contributed by atoms with E-state index in [9.17, 15) is 0 Å². The van der Waals surface area contributed by atoms with Gasteiger partial charge in [0.05, 0.1) is 18.1 Å². The molecule has 0 saturated heterocycles. The fourth-order valence-electron chi connectivity index (χ4n) is 2.46. The minimum absolute atomic E-state index is 0.492. The van der Waals surface area contributed by atoms with Crippen molar-refractivity contribution in [2.45, 2.75) is 6.54 Å². The second-order valence-corrected chi connectivity index (χ2v) is 4.72. The first-order valence-corrected chi connectivity index (χ1v) is 6.53. The molecule has 4 nitrogen and oxygen atoms in total. The topological polar surface area (TPSA) is 53.1 Å². The van der Waals surface area contributed by atoms with E-state index in [1.165, 1.54) is 0 Å². The summed E-state index contributed by atoms with van der Waals surface area (Å²) in [6, 6.07) is 14.0. The highest BCUT2D eigenvalue weighted by Gasteiger charge is 2.12. The summed E-state index contributed by atoms with van der Waals surface area (Å²) < 4.78 is 7.36. The van der Waals surface area contributed by atoms with Crippen LogP contribution in [0.5, 0.6) is 5.75 Å². The molecule has 0 saturated carbocycles. The number of benzene rings is 2. The first-order chi connectivity index (χ1) is 9.74. The molecule has 3 aromatic rings. The minimum atomic E-state index is 0.492. The number of hydrogen-bond acceptors (Lipinski definition) is 3. The zero-order valence-corrected chi connectivity index (χ0v) is 11.6. The number of aromatic nitrogens is 2. The number of aryl methyl sites for hydroxylation is 1. The first kappa shape index (κ1) is 12.7. The lowest BCUT2D eigenvalue weighted by molar-refractivity contribution is 0.415. The molecule has 0 atom stereocenters. The largest absolute Gasteiger partial charge is 0.497 e. The highest BCUT2D eigenvalue weighted by molar-refractivity contribution is 5.83. The lowest BCUT2D eigenvalue weighted by Crippen LogP contribution is -1.97. The number of rotatable bonds is 3. The van der Waals surface area contributed by atoms with Gasteiger partial charge in [0.25, 0.3) is 0 Å². The molecule has 1 heterocycles. The summed E-state index contributed by atoms with van der Waals surface area (Å²) in [4.78, 5) is 4.76. The third-order valence-electron chi connectivity index (χ3n) is 3.54. The fourth-order valence-corrected chi connectivity index (χ4v) is 2.46. The predicted molar refractivity (Wildman–Crippen MR) is 80.6 cm³/mol. The third kappa shape index (κ3) is 1.94. The smallest absolute Gasteiger partial charge is 0.141 e. The second kappa shape index (κ2) is 4.98. The highest BCUT2D eigenvalue weighted by atomic mass is 16.5. The molecule has 0 bridgehead atoms. The number of methoxy groups -OCH3 is 1. The molecule has 0 aliphatic rings. The van der Waals surface area contributed by atoms with E-state index in [1.54, 1.807) is 7.11 Å². The second-order valence-electron chi connectivity index (χ2n) is 4.72. The van der Waals surface area contributed by atoms with Crippen LogP contribution in [0.1, 0.15) is 5.56 Å². The summed E-state index contributed by atoms with van der Waals surface area (Å²) in [7, 11) is 3.69. The van der Waals surface area contributed by atoms with Crippen molar-refractivity contribution in [3.63, 3.8) is 0 Å². The molecule has 2 aromatic carbocycles. The Labute approximate surface area is 117 Å². The Morgan fingerprint density at radius 1 is 1.20 bits per heavy atom. The van der Waals surface area contributed by atoms with E-state index in [0.717, 1.165) is 33.7 Å². The average molecular weight is 267 g/mol. The maximum atomic E-state index is 5.79. The van der Waals surface area contributed by atoms with Crippen molar-refractivity contribution in [3.05, 3.63) is 48.0 Å². The Bertz CT molecular complexity index is 762. The molecule has 20 heavy (non-hydrogen) atoms. The van der Waals surface area contributed by atoms with E-state index in [4.69, 9.17) is 15.5 Å². The molecule has 0 amide bonds. The summed E-state index contributed by atoms with van der Waals surface area (Å²) in [6.45, 7) is 0.492. The van der Waals surface area contributed by atoms with Crippen molar-refractivity contribution in [1.29, 1.82) is 0 Å². The number of fused-ring (bicyclic) bond motifs is 1. The molecular weight excluding hydrogens is 250 g/mol. The van der Waals surface area contributed by atoms with Gasteiger partial charge in [-0.3, -0.25) is 0 Å². The molecule has 102 valence electrons. The first-order valence-electron chi connectivity index (χ1n) is 6.53. The van der Waals surface area contributed by atoms with Gasteiger partial charge in [-0.05, 0) is 23.8 Å². The molecular formula is C16H17N3O. The quantitative estimate of drug-likeness (QED) is 0.793. The van der Waals surface area contributed by atoms with E-state index < -0.39 is 0 Å². The maximum absolute atomic E-state index is 5.79. The van der Waals surface area contributed by atoms with Crippen molar-refractivity contribution in [2.75, 3.05) is 7.11 Å². The molecule has 0 spiro atoms. The Morgan fingerprint density at radius 2 is 2.00 bits per heavy atom. The van der Waals surface area contributed by atoms with Gasteiger partial charge in [-0.2, -0.15) is 0 Å². The van der Waals surface area contributed by atoms with Crippen LogP contribution < -0.4 is 10.5 Å². The summed E-state index contributed by atoms with van der Waals surface area (Å²) >= 11 is 0. The number of nitrogens with two attached hydrogens (primary N) is 1. The van der Waals surface area contributed by atoms with Gasteiger partial charge in [-0.25, -0.2) is 4.98 Å². The molecule has 4 heteroatoms. The van der Waals surface area contributed by atoms with Gasteiger partial charge < -0.3 is 15.0 Å². The molecule has 2 N–H and O–H groups in total. The van der Waals surface area contributed by atoms with Crippen LogP contribution in [0.3, 0.4) is 0 Å². The Hall–Kier alpha value is -2.33. The van der Waals surface area contributed by atoms with E-state index in [0.29, 0.717) is 6.54 Å². The van der Waals surface area contributed by atoms with E-state index >= 15 is 0 Å². The Kier molecular flexibility index (Phi) is 3.16. The number of hydrogen-bond donors (Lipinski definition) is 1. The van der Waals surface area contributed by atoms with E-state index in [2.05, 4.69) is 10.6 Å². The zero-order chi connectivity index (χ0) is 14.1. The highest BCUT2D eigenvalue weighted by Crippen LogP contribution is 2.27. The molecule has 0 fully saturated rings. The molecule has 3 rings (SSSR count). The van der Waals surface area contributed by atoms with Crippen LogP contribution in [0, 0.1) is 0 Å². The molecule has 0 unspecified atom stereocenters. The maximum Gasteiger partial charge on any atom is 0.141 e.